The number of hydrogen-bond acceptors (Lipinski definition) is 12. The van der Waals surface area contributed by atoms with E-state index in [1.807, 2.05) is 0 Å². The maximum absolute atomic E-state index is 5.78. The van der Waals surface area contributed by atoms with Crippen LogP contribution in [0.2, 0.25) is 0 Å². The van der Waals surface area contributed by atoms with E-state index in [9.17, 15) is 0 Å². The minimum atomic E-state index is 0.376. The molecule has 0 saturated carbocycles. The Labute approximate surface area is 254 Å². The van der Waals surface area contributed by atoms with Crippen molar-refractivity contribution in [3.05, 3.63) is 0 Å². The number of ether oxygens (including phenoxy) is 11. The highest BCUT2D eigenvalue weighted by molar-refractivity contribution is 14.1. The van der Waals surface area contributed by atoms with E-state index < -0.39 is 0 Å². The number of rotatable bonds is 33. The van der Waals surface area contributed by atoms with Crippen LogP contribution in [-0.2, 0) is 52.1 Å². The van der Waals surface area contributed by atoms with Crippen LogP contribution in [0, 0.1) is 0 Å². The molecule has 0 aromatic carbocycles. The molecule has 1 rings (SSSR count). The third kappa shape index (κ3) is 29.7. The first kappa shape index (κ1) is 38.3. The molecule has 1 aliphatic rings. The van der Waals surface area contributed by atoms with Crippen molar-refractivity contribution in [3.63, 3.8) is 0 Å². The molecule has 12 nitrogen and oxygen atoms in total. The van der Waals surface area contributed by atoms with Crippen LogP contribution in [0.3, 0.4) is 0 Å². The first-order chi connectivity index (χ1) is 19.9. The summed E-state index contributed by atoms with van der Waals surface area (Å²) in [6.07, 6.45) is 2.54. The third-order valence-corrected chi connectivity index (χ3v) is 5.88. The van der Waals surface area contributed by atoms with Gasteiger partial charge in [0.25, 0.3) is 0 Å². The zero-order chi connectivity index (χ0) is 28.4. The van der Waals surface area contributed by atoms with Crippen LogP contribution in [0.25, 0.3) is 0 Å². The molecule has 0 atom stereocenters. The van der Waals surface area contributed by atoms with Crippen LogP contribution < -0.4 is 5.32 Å². The molecule has 1 aliphatic heterocycles. The van der Waals surface area contributed by atoms with Gasteiger partial charge in [-0.15, -0.1) is 0 Å². The molecule has 0 amide bonds. The topological polar surface area (TPSA) is 114 Å². The second kappa shape index (κ2) is 33.7. The van der Waals surface area contributed by atoms with Crippen molar-refractivity contribution in [2.75, 3.05) is 156 Å². The fourth-order valence-corrected chi connectivity index (χ4v) is 3.68. The lowest BCUT2D eigenvalue weighted by Crippen LogP contribution is -2.33. The molecule has 0 aromatic heterocycles. The van der Waals surface area contributed by atoms with Gasteiger partial charge in [-0.3, -0.25) is 0 Å². The van der Waals surface area contributed by atoms with Crippen molar-refractivity contribution in [1.82, 2.24) is 5.32 Å². The van der Waals surface area contributed by atoms with E-state index in [1.54, 1.807) is 0 Å². The Morgan fingerprint density at radius 1 is 0.375 bits per heavy atom. The Morgan fingerprint density at radius 2 is 0.625 bits per heavy atom. The lowest BCUT2D eigenvalue weighted by Gasteiger charge is -2.22. The third-order valence-electron chi connectivity index (χ3n) is 5.44. The Kier molecular flexibility index (Phi) is 32.3. The highest BCUT2D eigenvalue weighted by atomic mass is 127. The van der Waals surface area contributed by atoms with Crippen LogP contribution in [0.5, 0.6) is 0 Å². The molecule has 0 unspecified atom stereocenters. The zero-order valence-electron chi connectivity index (χ0n) is 24.3. The van der Waals surface area contributed by atoms with Crippen LogP contribution >= 0.6 is 22.6 Å². The van der Waals surface area contributed by atoms with Gasteiger partial charge in [0.2, 0.25) is 0 Å². The lowest BCUT2D eigenvalue weighted by molar-refractivity contribution is -0.0324. The van der Waals surface area contributed by atoms with E-state index >= 15 is 0 Å². The number of halogens is 1. The first-order valence-electron chi connectivity index (χ1n) is 14.6. The molecule has 1 N–H and O–H groups in total. The average molecular weight is 696 g/mol. The van der Waals surface area contributed by atoms with Crippen LogP contribution in [0.4, 0.5) is 0 Å². The van der Waals surface area contributed by atoms with Crippen LogP contribution in [-0.4, -0.2) is 162 Å². The van der Waals surface area contributed by atoms with E-state index in [4.69, 9.17) is 52.1 Å². The molecular weight excluding hydrogens is 641 g/mol. The maximum Gasteiger partial charge on any atom is 0.0704 e. The fraction of sp³-hybridized carbons (Fsp3) is 1.00. The smallest absolute Gasteiger partial charge is 0.0704 e. The first-order valence-corrected chi connectivity index (χ1v) is 16.1. The highest BCUT2D eigenvalue weighted by Gasteiger charge is 2.12. The Balaban J connectivity index is 1.60. The highest BCUT2D eigenvalue weighted by Crippen LogP contribution is 2.06. The van der Waals surface area contributed by atoms with E-state index in [0.717, 1.165) is 37.0 Å². The molecule has 13 heteroatoms. The molecule has 1 heterocycles. The van der Waals surface area contributed by atoms with Gasteiger partial charge in [-0.2, -0.15) is 0 Å². The quantitative estimate of drug-likeness (QED) is 0.0608. The van der Waals surface area contributed by atoms with Crippen LogP contribution in [0.15, 0.2) is 0 Å². The van der Waals surface area contributed by atoms with Crippen molar-refractivity contribution in [2.24, 2.45) is 0 Å². The standard InChI is InChI=1S/C27H54INO11/c28-3-6-30-7-8-31-9-10-32-11-12-33-13-14-34-15-16-35-17-18-36-19-20-37-21-22-38-23-24-39-25-26-40-27-1-4-29-5-2-27/h27,29H,1-26H2. The summed E-state index contributed by atoms with van der Waals surface area (Å²) < 4.78 is 61.3. The normalized spacial score (nSPS) is 14.3. The van der Waals surface area contributed by atoms with E-state index in [0.29, 0.717) is 138 Å². The van der Waals surface area contributed by atoms with Crippen molar-refractivity contribution < 1.29 is 52.1 Å². The van der Waals surface area contributed by atoms with Gasteiger partial charge >= 0.3 is 0 Å². The second-order valence-electron chi connectivity index (χ2n) is 8.63. The summed E-state index contributed by atoms with van der Waals surface area (Å²) in [6.45, 7) is 14.0. The Bertz CT molecular complexity index is 480. The zero-order valence-corrected chi connectivity index (χ0v) is 26.5. The van der Waals surface area contributed by atoms with E-state index in [-0.39, 0.29) is 0 Å². The summed E-state index contributed by atoms with van der Waals surface area (Å²) in [5.74, 6) is 0. The molecule has 1 fully saturated rings. The largest absolute Gasteiger partial charge is 0.378 e. The summed E-state index contributed by atoms with van der Waals surface area (Å²) in [6, 6.07) is 0. The van der Waals surface area contributed by atoms with Crippen molar-refractivity contribution in [1.29, 1.82) is 0 Å². The molecule has 0 spiro atoms. The number of nitrogens with one attached hydrogen (secondary N) is 1. The van der Waals surface area contributed by atoms with Crippen molar-refractivity contribution >= 4 is 22.6 Å². The molecular formula is C27H54INO11. The summed E-state index contributed by atoms with van der Waals surface area (Å²) in [5, 5.41) is 3.33. The second-order valence-corrected chi connectivity index (χ2v) is 9.71. The SMILES string of the molecule is ICCOCCOCCOCCOCCOCCOCCOCCOCCOCCOCCOC1CCNCC1. The molecule has 40 heavy (non-hydrogen) atoms. The monoisotopic (exact) mass is 695 g/mol. The molecule has 0 aliphatic carbocycles. The Hall–Kier alpha value is 0.250. The van der Waals surface area contributed by atoms with Gasteiger partial charge in [0, 0.05) is 4.43 Å². The van der Waals surface area contributed by atoms with Gasteiger partial charge in [0.1, 0.15) is 0 Å². The van der Waals surface area contributed by atoms with Crippen LogP contribution in [0.1, 0.15) is 12.8 Å². The van der Waals surface area contributed by atoms with Gasteiger partial charge in [-0.25, -0.2) is 0 Å². The summed E-state index contributed by atoms with van der Waals surface area (Å²) >= 11 is 2.28. The maximum atomic E-state index is 5.78. The predicted molar refractivity (Wildman–Crippen MR) is 159 cm³/mol. The van der Waals surface area contributed by atoms with Gasteiger partial charge in [0.15, 0.2) is 0 Å². The summed E-state index contributed by atoms with van der Waals surface area (Å²) in [4.78, 5) is 0. The molecule has 0 radical (unpaired) electrons. The summed E-state index contributed by atoms with van der Waals surface area (Å²) in [5.41, 5.74) is 0. The minimum absolute atomic E-state index is 0.376. The lowest BCUT2D eigenvalue weighted by atomic mass is 10.1. The number of piperidine rings is 1. The van der Waals surface area contributed by atoms with Crippen molar-refractivity contribution in [3.8, 4) is 0 Å². The van der Waals surface area contributed by atoms with Gasteiger partial charge in [-0.05, 0) is 25.9 Å². The van der Waals surface area contributed by atoms with Crippen molar-refractivity contribution in [2.45, 2.75) is 18.9 Å². The molecule has 0 aromatic rings. The fourth-order valence-electron chi connectivity index (χ4n) is 3.37. The van der Waals surface area contributed by atoms with Gasteiger partial charge in [0.05, 0.1) is 145 Å². The van der Waals surface area contributed by atoms with Gasteiger partial charge in [-0.1, -0.05) is 22.6 Å². The van der Waals surface area contributed by atoms with E-state index in [2.05, 4.69) is 27.9 Å². The molecule has 1 saturated heterocycles. The van der Waals surface area contributed by atoms with E-state index in [1.165, 1.54) is 0 Å². The molecule has 240 valence electrons. The predicted octanol–water partition coefficient (Wildman–Crippen LogP) is 1.36. The summed E-state index contributed by atoms with van der Waals surface area (Å²) in [7, 11) is 0. The minimum Gasteiger partial charge on any atom is -0.378 e. The number of alkyl halides is 1. The Morgan fingerprint density at radius 3 is 0.900 bits per heavy atom. The molecule has 0 bridgehead atoms. The average Bonchev–Trinajstić information content (AvgIpc) is 2.98. The van der Waals surface area contributed by atoms with Gasteiger partial charge < -0.3 is 57.4 Å². The number of hydrogen-bond donors (Lipinski definition) is 1.